The van der Waals surface area contributed by atoms with Gasteiger partial charge >= 0.3 is 0 Å². The molecule has 0 aliphatic heterocycles. The summed E-state index contributed by atoms with van der Waals surface area (Å²) in [6.07, 6.45) is 6.68. The summed E-state index contributed by atoms with van der Waals surface area (Å²) in [6, 6.07) is 7.99. The van der Waals surface area contributed by atoms with Gasteiger partial charge in [0, 0.05) is 11.6 Å². The smallest absolute Gasteiger partial charge is 0.228 e. The summed E-state index contributed by atoms with van der Waals surface area (Å²) in [6.45, 7) is 2.05. The highest BCUT2D eigenvalue weighted by molar-refractivity contribution is 5.93. The summed E-state index contributed by atoms with van der Waals surface area (Å²) in [5.41, 5.74) is 2.12. The Labute approximate surface area is 102 Å². The van der Waals surface area contributed by atoms with Crippen molar-refractivity contribution in [1.29, 1.82) is 0 Å². The molecule has 1 saturated carbocycles. The largest absolute Gasteiger partial charge is 0.326 e. The van der Waals surface area contributed by atoms with Gasteiger partial charge in [0.25, 0.3) is 0 Å². The van der Waals surface area contributed by atoms with Crippen molar-refractivity contribution >= 4 is 11.6 Å². The monoisotopic (exact) mass is 227 g/mol. The standard InChI is InChI=1S/C15H17NO/c1-10-2-6-13(7-3-10)16-15(17)14-9-11-4-5-12(14)8-11/h2-7,11-12,14H,8-9H2,1H3,(H,16,17)/t11-,12+,14?/m1/s1. The van der Waals surface area contributed by atoms with E-state index in [0.29, 0.717) is 11.8 Å². The third-order valence-electron chi connectivity index (χ3n) is 3.93. The van der Waals surface area contributed by atoms with E-state index in [1.54, 1.807) is 0 Å². The van der Waals surface area contributed by atoms with E-state index in [2.05, 4.69) is 17.5 Å². The van der Waals surface area contributed by atoms with Crippen LogP contribution in [0.3, 0.4) is 0 Å². The molecule has 1 aromatic carbocycles. The summed E-state index contributed by atoms with van der Waals surface area (Å²) in [5.74, 6) is 1.50. The molecular weight excluding hydrogens is 210 g/mol. The highest BCUT2D eigenvalue weighted by Crippen LogP contribution is 2.43. The van der Waals surface area contributed by atoms with Crippen molar-refractivity contribution in [3.8, 4) is 0 Å². The van der Waals surface area contributed by atoms with Gasteiger partial charge in [-0.05, 0) is 43.7 Å². The second-order valence-corrected chi connectivity index (χ2v) is 5.24. The van der Waals surface area contributed by atoms with Gasteiger partial charge in [0.2, 0.25) is 5.91 Å². The number of allylic oxidation sites excluding steroid dienone is 2. The highest BCUT2D eigenvalue weighted by atomic mass is 16.1. The van der Waals surface area contributed by atoms with E-state index < -0.39 is 0 Å². The van der Waals surface area contributed by atoms with Gasteiger partial charge in [-0.15, -0.1) is 0 Å². The van der Waals surface area contributed by atoms with Crippen molar-refractivity contribution in [2.45, 2.75) is 19.8 Å². The molecule has 0 heterocycles. The second kappa shape index (κ2) is 4.02. The minimum absolute atomic E-state index is 0.186. The first kappa shape index (κ1) is 10.6. The number of carbonyl (C=O) groups excluding carboxylic acids is 1. The van der Waals surface area contributed by atoms with E-state index in [-0.39, 0.29) is 11.8 Å². The van der Waals surface area contributed by atoms with Crippen LogP contribution in [0, 0.1) is 24.7 Å². The SMILES string of the molecule is Cc1ccc(NC(=O)C2C[C@@H]3C=C[C@H]2C3)cc1. The van der Waals surface area contributed by atoms with Crippen LogP contribution in [0.15, 0.2) is 36.4 Å². The molecule has 0 saturated heterocycles. The average molecular weight is 227 g/mol. The number of benzene rings is 1. The molecule has 88 valence electrons. The Morgan fingerprint density at radius 2 is 1.94 bits per heavy atom. The maximum absolute atomic E-state index is 12.1. The zero-order valence-corrected chi connectivity index (χ0v) is 10.0. The van der Waals surface area contributed by atoms with Crippen LogP contribution in [0.4, 0.5) is 5.69 Å². The maximum atomic E-state index is 12.1. The molecule has 0 radical (unpaired) electrons. The Morgan fingerprint density at radius 1 is 1.18 bits per heavy atom. The summed E-state index contributed by atoms with van der Waals surface area (Å²) < 4.78 is 0. The predicted octanol–water partition coefficient (Wildman–Crippen LogP) is 3.15. The lowest BCUT2D eigenvalue weighted by Gasteiger charge is -2.17. The number of aryl methyl sites for hydroxylation is 1. The molecule has 1 fully saturated rings. The van der Waals surface area contributed by atoms with E-state index in [1.165, 1.54) is 12.0 Å². The molecule has 0 aromatic heterocycles. The molecule has 1 unspecified atom stereocenters. The van der Waals surface area contributed by atoms with Crippen LogP contribution < -0.4 is 5.32 Å². The third-order valence-corrected chi connectivity index (χ3v) is 3.93. The van der Waals surface area contributed by atoms with E-state index in [0.717, 1.165) is 12.1 Å². The normalized spacial score (nSPS) is 29.6. The van der Waals surface area contributed by atoms with Crippen LogP contribution in [0.1, 0.15) is 18.4 Å². The molecule has 2 aliphatic carbocycles. The van der Waals surface area contributed by atoms with Gasteiger partial charge in [0.05, 0.1) is 0 Å². The fraction of sp³-hybridized carbons (Fsp3) is 0.400. The number of hydrogen-bond acceptors (Lipinski definition) is 1. The van der Waals surface area contributed by atoms with Crippen LogP contribution in [-0.4, -0.2) is 5.91 Å². The van der Waals surface area contributed by atoms with Crippen molar-refractivity contribution in [2.24, 2.45) is 17.8 Å². The number of rotatable bonds is 2. The quantitative estimate of drug-likeness (QED) is 0.773. The molecule has 3 atom stereocenters. The molecule has 1 N–H and O–H groups in total. The van der Waals surface area contributed by atoms with E-state index in [9.17, 15) is 4.79 Å². The fourth-order valence-electron chi connectivity index (χ4n) is 2.95. The summed E-state index contributed by atoms with van der Waals surface area (Å²) in [5, 5.41) is 3.02. The van der Waals surface area contributed by atoms with Crippen molar-refractivity contribution in [3.05, 3.63) is 42.0 Å². The van der Waals surface area contributed by atoms with Crippen LogP contribution in [0.2, 0.25) is 0 Å². The number of carbonyl (C=O) groups is 1. The van der Waals surface area contributed by atoms with Gasteiger partial charge in [-0.2, -0.15) is 0 Å². The Hall–Kier alpha value is -1.57. The Morgan fingerprint density at radius 3 is 2.53 bits per heavy atom. The van der Waals surface area contributed by atoms with Crippen LogP contribution in [-0.2, 0) is 4.79 Å². The number of hydrogen-bond donors (Lipinski definition) is 1. The molecule has 17 heavy (non-hydrogen) atoms. The van der Waals surface area contributed by atoms with Gasteiger partial charge in [0.15, 0.2) is 0 Å². The van der Waals surface area contributed by atoms with Gasteiger partial charge < -0.3 is 5.32 Å². The Kier molecular flexibility index (Phi) is 2.50. The van der Waals surface area contributed by atoms with Gasteiger partial charge in [0.1, 0.15) is 0 Å². The lowest BCUT2D eigenvalue weighted by Crippen LogP contribution is -2.25. The lowest BCUT2D eigenvalue weighted by molar-refractivity contribution is -0.120. The molecule has 2 heteroatoms. The van der Waals surface area contributed by atoms with Gasteiger partial charge in [-0.1, -0.05) is 29.8 Å². The number of nitrogens with one attached hydrogen (secondary N) is 1. The van der Waals surface area contributed by atoms with Crippen molar-refractivity contribution in [3.63, 3.8) is 0 Å². The van der Waals surface area contributed by atoms with Crippen molar-refractivity contribution in [1.82, 2.24) is 0 Å². The molecule has 1 aromatic rings. The van der Waals surface area contributed by atoms with Gasteiger partial charge in [-0.3, -0.25) is 4.79 Å². The number of anilines is 1. The summed E-state index contributed by atoms with van der Waals surface area (Å²) in [7, 11) is 0. The molecule has 1 amide bonds. The summed E-state index contributed by atoms with van der Waals surface area (Å²) in [4.78, 5) is 12.1. The van der Waals surface area contributed by atoms with E-state index in [1.807, 2.05) is 31.2 Å². The molecule has 0 spiro atoms. The predicted molar refractivity (Wildman–Crippen MR) is 68.7 cm³/mol. The first-order chi connectivity index (χ1) is 8.22. The molecule has 2 bridgehead atoms. The third kappa shape index (κ3) is 1.99. The van der Waals surface area contributed by atoms with E-state index in [4.69, 9.17) is 0 Å². The van der Waals surface area contributed by atoms with Gasteiger partial charge in [-0.25, -0.2) is 0 Å². The Bertz CT molecular complexity index is 460. The first-order valence-corrected chi connectivity index (χ1v) is 6.28. The minimum Gasteiger partial charge on any atom is -0.326 e. The topological polar surface area (TPSA) is 29.1 Å². The number of fused-ring (bicyclic) bond motifs is 2. The maximum Gasteiger partial charge on any atom is 0.228 e. The minimum atomic E-state index is 0.186. The first-order valence-electron chi connectivity index (χ1n) is 6.28. The average Bonchev–Trinajstić information content (AvgIpc) is 2.94. The van der Waals surface area contributed by atoms with Crippen LogP contribution in [0.25, 0.3) is 0 Å². The zero-order chi connectivity index (χ0) is 11.8. The highest BCUT2D eigenvalue weighted by Gasteiger charge is 2.39. The molecule has 2 nitrogen and oxygen atoms in total. The second-order valence-electron chi connectivity index (χ2n) is 5.24. The molecular formula is C15H17NO. The van der Waals surface area contributed by atoms with E-state index >= 15 is 0 Å². The summed E-state index contributed by atoms with van der Waals surface area (Å²) >= 11 is 0. The van der Waals surface area contributed by atoms with Crippen molar-refractivity contribution in [2.75, 3.05) is 5.32 Å². The molecule has 2 aliphatic rings. The van der Waals surface area contributed by atoms with Crippen LogP contribution in [0.5, 0.6) is 0 Å². The molecule has 3 rings (SSSR count). The zero-order valence-electron chi connectivity index (χ0n) is 10.0. The lowest BCUT2D eigenvalue weighted by atomic mass is 9.93. The number of amides is 1. The van der Waals surface area contributed by atoms with Crippen molar-refractivity contribution < 1.29 is 4.79 Å². The Balaban J connectivity index is 1.68. The van der Waals surface area contributed by atoms with Crippen LogP contribution >= 0.6 is 0 Å². The fourth-order valence-corrected chi connectivity index (χ4v) is 2.95.